The number of para-hydroxylation sites is 1. The third-order valence-electron chi connectivity index (χ3n) is 7.26. The van der Waals surface area contributed by atoms with E-state index < -0.39 is 11.9 Å². The summed E-state index contributed by atoms with van der Waals surface area (Å²) in [5.74, 6) is -0.350. The summed E-state index contributed by atoms with van der Waals surface area (Å²) in [6, 6.07) is 7.71. The van der Waals surface area contributed by atoms with Crippen molar-refractivity contribution in [3.63, 3.8) is 0 Å². The molecule has 1 aliphatic rings. The van der Waals surface area contributed by atoms with Gasteiger partial charge in [-0.2, -0.15) is 0 Å². The number of fused-ring (bicyclic) bond motifs is 3. The highest BCUT2D eigenvalue weighted by atomic mass is 19.1. The maximum Gasteiger partial charge on any atom is 0.306 e. The van der Waals surface area contributed by atoms with E-state index in [1.807, 2.05) is 37.1 Å². The molecule has 37 heavy (non-hydrogen) atoms. The van der Waals surface area contributed by atoms with Crippen LogP contribution in [0.15, 0.2) is 30.5 Å². The van der Waals surface area contributed by atoms with Gasteiger partial charge in [0, 0.05) is 53.4 Å². The van der Waals surface area contributed by atoms with Gasteiger partial charge < -0.3 is 19.4 Å². The molecule has 0 fully saturated rings. The van der Waals surface area contributed by atoms with Crippen LogP contribution in [0, 0.1) is 12.7 Å². The van der Waals surface area contributed by atoms with Gasteiger partial charge in [-0.25, -0.2) is 9.37 Å². The molecule has 2 aromatic heterocycles. The number of hydrogen-bond acceptors (Lipinski definition) is 6. The van der Waals surface area contributed by atoms with Gasteiger partial charge >= 0.3 is 5.97 Å². The SMILES string of the molecule is COC(=O)CCN1C(C)Cc2c([nH]c3ccccc23)C1c1c(F)cnc(OCCN(C)CCCF)c1C. The maximum absolute atomic E-state index is 15.6. The highest BCUT2D eigenvalue weighted by Crippen LogP contribution is 2.43. The van der Waals surface area contributed by atoms with Gasteiger partial charge in [-0.05, 0) is 45.4 Å². The van der Waals surface area contributed by atoms with Crippen LogP contribution in [0.5, 0.6) is 5.88 Å². The van der Waals surface area contributed by atoms with Crippen molar-refractivity contribution in [3.8, 4) is 5.88 Å². The average Bonchev–Trinajstić information content (AvgIpc) is 3.26. The summed E-state index contributed by atoms with van der Waals surface area (Å²) >= 11 is 0. The van der Waals surface area contributed by atoms with Crippen LogP contribution in [0.3, 0.4) is 0 Å². The van der Waals surface area contributed by atoms with E-state index in [1.54, 1.807) is 0 Å². The fraction of sp³-hybridized carbons (Fsp3) is 0.500. The summed E-state index contributed by atoms with van der Waals surface area (Å²) in [5, 5.41) is 1.13. The van der Waals surface area contributed by atoms with E-state index in [4.69, 9.17) is 9.47 Å². The van der Waals surface area contributed by atoms with E-state index in [9.17, 15) is 9.18 Å². The normalized spacial score (nSPS) is 17.8. The number of aromatic nitrogens is 2. The van der Waals surface area contributed by atoms with Crippen LogP contribution >= 0.6 is 0 Å². The molecule has 9 heteroatoms. The molecule has 3 aromatic rings. The standard InChI is InChI=1S/C28H36F2N4O3/c1-18-16-21-20-8-5-6-9-23(20)32-26(21)27(34(18)13-10-24(35)36-4)25-19(2)28(31-17-22(25)30)37-15-14-33(3)12-7-11-29/h5-6,8-9,17-18,27,32H,7,10-16H2,1-4H3. The van der Waals surface area contributed by atoms with Gasteiger partial charge in [-0.3, -0.25) is 14.1 Å². The Labute approximate surface area is 216 Å². The first-order chi connectivity index (χ1) is 17.8. The van der Waals surface area contributed by atoms with Gasteiger partial charge in [0.2, 0.25) is 5.88 Å². The van der Waals surface area contributed by atoms with E-state index in [0.717, 1.165) is 28.6 Å². The van der Waals surface area contributed by atoms with Gasteiger partial charge in [0.15, 0.2) is 0 Å². The highest BCUT2D eigenvalue weighted by Gasteiger charge is 2.38. The lowest BCUT2D eigenvalue weighted by atomic mass is 9.87. The fourth-order valence-corrected chi connectivity index (χ4v) is 5.29. The van der Waals surface area contributed by atoms with Crippen molar-refractivity contribution in [2.75, 3.05) is 47.1 Å². The number of esters is 1. The molecule has 0 amide bonds. The minimum absolute atomic E-state index is 0.0573. The lowest BCUT2D eigenvalue weighted by Gasteiger charge is -2.41. The van der Waals surface area contributed by atoms with E-state index in [1.165, 1.54) is 13.3 Å². The molecule has 0 aliphatic carbocycles. The molecule has 1 aromatic carbocycles. The predicted molar refractivity (Wildman–Crippen MR) is 139 cm³/mol. The zero-order valence-corrected chi connectivity index (χ0v) is 22.0. The second-order valence-corrected chi connectivity index (χ2v) is 9.73. The fourth-order valence-electron chi connectivity index (χ4n) is 5.29. The number of carbonyl (C=O) groups is 1. The smallest absolute Gasteiger partial charge is 0.306 e. The minimum atomic E-state index is -0.451. The zero-order chi connectivity index (χ0) is 26.5. The second-order valence-electron chi connectivity index (χ2n) is 9.73. The van der Waals surface area contributed by atoms with Gasteiger partial charge in [-0.1, -0.05) is 18.2 Å². The van der Waals surface area contributed by atoms with Crippen molar-refractivity contribution in [2.45, 2.75) is 45.2 Å². The number of alkyl halides is 1. The number of ether oxygens (including phenoxy) is 2. The number of pyridine rings is 1. The van der Waals surface area contributed by atoms with E-state index in [2.05, 4.69) is 27.9 Å². The largest absolute Gasteiger partial charge is 0.476 e. The maximum atomic E-state index is 15.6. The van der Waals surface area contributed by atoms with Crippen molar-refractivity contribution in [1.82, 2.24) is 19.8 Å². The third kappa shape index (κ3) is 5.78. The molecule has 0 spiro atoms. The van der Waals surface area contributed by atoms with Crippen LogP contribution < -0.4 is 4.74 Å². The Balaban J connectivity index is 1.72. The van der Waals surface area contributed by atoms with Crippen molar-refractivity contribution in [1.29, 1.82) is 0 Å². The van der Waals surface area contributed by atoms with Gasteiger partial charge in [-0.15, -0.1) is 0 Å². The summed E-state index contributed by atoms with van der Waals surface area (Å²) in [5.41, 5.74) is 4.20. The van der Waals surface area contributed by atoms with E-state index >= 15 is 4.39 Å². The van der Waals surface area contributed by atoms with Crippen LogP contribution in [0.4, 0.5) is 8.78 Å². The molecule has 0 radical (unpaired) electrons. The summed E-state index contributed by atoms with van der Waals surface area (Å²) in [7, 11) is 3.29. The lowest BCUT2D eigenvalue weighted by molar-refractivity contribution is -0.141. The van der Waals surface area contributed by atoms with Crippen LogP contribution in [-0.4, -0.2) is 78.9 Å². The number of H-pyrrole nitrogens is 1. The summed E-state index contributed by atoms with van der Waals surface area (Å²) in [6.45, 7) is 5.60. The summed E-state index contributed by atoms with van der Waals surface area (Å²) in [6.07, 6.45) is 2.66. The first-order valence-corrected chi connectivity index (χ1v) is 12.8. The molecule has 1 aliphatic heterocycles. The summed E-state index contributed by atoms with van der Waals surface area (Å²) in [4.78, 5) is 24.0. The quantitative estimate of drug-likeness (QED) is 0.378. The van der Waals surface area contributed by atoms with Gasteiger partial charge in [0.05, 0.1) is 32.4 Å². The third-order valence-corrected chi connectivity index (χ3v) is 7.26. The summed E-state index contributed by atoms with van der Waals surface area (Å²) < 4.78 is 39.0. The van der Waals surface area contributed by atoms with Crippen LogP contribution in [0.25, 0.3) is 10.9 Å². The predicted octanol–water partition coefficient (Wildman–Crippen LogP) is 4.58. The molecule has 2 unspecified atom stereocenters. The Bertz CT molecular complexity index is 1230. The van der Waals surface area contributed by atoms with Crippen molar-refractivity contribution < 1.29 is 23.0 Å². The van der Waals surface area contributed by atoms with Crippen molar-refractivity contribution in [3.05, 3.63) is 58.7 Å². The van der Waals surface area contributed by atoms with Crippen LogP contribution in [-0.2, 0) is 16.0 Å². The molecule has 200 valence electrons. The van der Waals surface area contributed by atoms with E-state index in [-0.39, 0.29) is 25.1 Å². The van der Waals surface area contributed by atoms with E-state index in [0.29, 0.717) is 49.7 Å². The molecule has 1 N–H and O–H groups in total. The zero-order valence-electron chi connectivity index (χ0n) is 22.0. The number of hydrogen-bond donors (Lipinski definition) is 1. The molecular weight excluding hydrogens is 478 g/mol. The number of nitrogens with zero attached hydrogens (tertiary/aromatic N) is 3. The Hall–Kier alpha value is -3.04. The topological polar surface area (TPSA) is 70.7 Å². The van der Waals surface area contributed by atoms with Crippen LogP contribution in [0.1, 0.15) is 48.2 Å². The highest BCUT2D eigenvalue weighted by molar-refractivity contribution is 5.85. The first kappa shape index (κ1) is 27.0. The number of halogens is 2. The minimum Gasteiger partial charge on any atom is -0.476 e. The first-order valence-electron chi connectivity index (χ1n) is 12.8. The molecule has 2 atom stereocenters. The van der Waals surface area contributed by atoms with Gasteiger partial charge in [0.1, 0.15) is 12.4 Å². The average molecular weight is 515 g/mol. The number of aromatic amines is 1. The molecule has 0 bridgehead atoms. The molecular formula is C28H36F2N4O3. The second kappa shape index (κ2) is 12.0. The van der Waals surface area contributed by atoms with Crippen LogP contribution in [0.2, 0.25) is 0 Å². The van der Waals surface area contributed by atoms with Crippen molar-refractivity contribution in [2.24, 2.45) is 0 Å². The number of methoxy groups -OCH3 is 1. The van der Waals surface area contributed by atoms with Crippen molar-refractivity contribution >= 4 is 16.9 Å². The Morgan fingerprint density at radius 3 is 2.84 bits per heavy atom. The Morgan fingerprint density at radius 2 is 2.08 bits per heavy atom. The molecule has 3 heterocycles. The number of benzene rings is 1. The molecule has 0 saturated heterocycles. The Morgan fingerprint density at radius 1 is 1.30 bits per heavy atom. The molecule has 4 rings (SSSR count). The number of nitrogens with one attached hydrogen (secondary N) is 1. The van der Waals surface area contributed by atoms with Gasteiger partial charge in [0.25, 0.3) is 0 Å². The number of likely N-dealkylation sites (N-methyl/N-ethyl adjacent to an activating group) is 1. The molecule has 7 nitrogen and oxygen atoms in total. The lowest BCUT2D eigenvalue weighted by Crippen LogP contribution is -2.44. The monoisotopic (exact) mass is 514 g/mol. The Kier molecular flexibility index (Phi) is 8.76. The molecule has 0 saturated carbocycles. The number of carbonyl (C=O) groups excluding carboxylic acids is 1. The number of rotatable bonds is 11.